The average Bonchev–Trinajstić information content (AvgIpc) is 2.47. The van der Waals surface area contributed by atoms with Gasteiger partial charge >= 0.3 is 0 Å². The number of hydrogen-bond acceptors (Lipinski definition) is 3. The van der Waals surface area contributed by atoms with Gasteiger partial charge in [-0.2, -0.15) is 8.78 Å². The van der Waals surface area contributed by atoms with Crippen LogP contribution in [0.25, 0.3) is 0 Å². The summed E-state index contributed by atoms with van der Waals surface area (Å²) in [7, 11) is 0. The van der Waals surface area contributed by atoms with Crippen LogP contribution in [0.1, 0.15) is 11.1 Å². The highest BCUT2D eigenvalue weighted by Gasteiger charge is 2.10. The molecule has 0 bridgehead atoms. The number of benzene rings is 2. The number of anilines is 1. The van der Waals surface area contributed by atoms with E-state index in [2.05, 4.69) is 5.32 Å². The van der Waals surface area contributed by atoms with Crippen LogP contribution in [-0.4, -0.2) is 18.3 Å². The number of amides is 1. The van der Waals surface area contributed by atoms with Gasteiger partial charge in [0, 0.05) is 15.6 Å². The molecule has 2 aromatic carbocycles. The van der Waals surface area contributed by atoms with E-state index in [1.165, 1.54) is 12.1 Å². The van der Waals surface area contributed by atoms with Crippen LogP contribution < -0.4 is 10.1 Å². The number of thioether (sulfide) groups is 1. The molecular weight excluding hydrogens is 356 g/mol. The molecule has 1 amide bonds. The van der Waals surface area contributed by atoms with E-state index in [1.807, 2.05) is 13.8 Å². The summed E-state index contributed by atoms with van der Waals surface area (Å²) in [5.41, 5.74) is 2.22. The Kier molecular flexibility index (Phi) is 6.45. The standard InChI is InChI=1S/C17H16ClF2NO2S/c1-10-7-12(18)8-11(2)16(10)23-9-15(22)21-13-3-5-14(6-4-13)24-17(19)20/h3-8,17H,9H2,1-2H3,(H,21,22). The molecule has 128 valence electrons. The van der Waals surface area contributed by atoms with Gasteiger partial charge in [0.15, 0.2) is 6.61 Å². The van der Waals surface area contributed by atoms with Crippen molar-refractivity contribution in [3.05, 3.63) is 52.5 Å². The predicted molar refractivity (Wildman–Crippen MR) is 93.4 cm³/mol. The molecule has 0 aliphatic heterocycles. The lowest BCUT2D eigenvalue weighted by molar-refractivity contribution is -0.118. The Balaban J connectivity index is 1.92. The molecule has 2 aromatic rings. The summed E-state index contributed by atoms with van der Waals surface area (Å²) in [6, 6.07) is 9.73. The average molecular weight is 372 g/mol. The van der Waals surface area contributed by atoms with Crippen molar-refractivity contribution in [3.8, 4) is 5.75 Å². The Morgan fingerprint density at radius 1 is 1.21 bits per heavy atom. The summed E-state index contributed by atoms with van der Waals surface area (Å²) in [6.07, 6.45) is 0. The fourth-order valence-corrected chi connectivity index (χ4v) is 3.01. The maximum atomic E-state index is 12.3. The van der Waals surface area contributed by atoms with Gasteiger partial charge < -0.3 is 10.1 Å². The fourth-order valence-electron chi connectivity index (χ4n) is 2.18. The van der Waals surface area contributed by atoms with E-state index in [9.17, 15) is 13.6 Å². The van der Waals surface area contributed by atoms with Crippen LogP contribution in [0.5, 0.6) is 5.75 Å². The van der Waals surface area contributed by atoms with Crippen LogP contribution in [0.2, 0.25) is 5.02 Å². The van der Waals surface area contributed by atoms with Crippen LogP contribution >= 0.6 is 23.4 Å². The fraction of sp³-hybridized carbons (Fsp3) is 0.235. The minimum Gasteiger partial charge on any atom is -0.483 e. The third-order valence-electron chi connectivity index (χ3n) is 3.14. The normalized spacial score (nSPS) is 10.8. The molecule has 0 saturated carbocycles. The number of aryl methyl sites for hydroxylation is 2. The summed E-state index contributed by atoms with van der Waals surface area (Å²) in [5, 5.41) is 3.27. The molecule has 7 heteroatoms. The molecule has 0 atom stereocenters. The number of nitrogens with one attached hydrogen (secondary N) is 1. The van der Waals surface area contributed by atoms with Gasteiger partial charge in [-0.25, -0.2) is 0 Å². The lowest BCUT2D eigenvalue weighted by atomic mass is 10.1. The summed E-state index contributed by atoms with van der Waals surface area (Å²) < 4.78 is 30.1. The Hall–Kier alpha value is -1.79. The molecule has 0 fully saturated rings. The van der Waals surface area contributed by atoms with Gasteiger partial charge in [0.2, 0.25) is 0 Å². The lowest BCUT2D eigenvalue weighted by Crippen LogP contribution is -2.20. The van der Waals surface area contributed by atoms with Crippen molar-refractivity contribution >= 4 is 35.0 Å². The maximum Gasteiger partial charge on any atom is 0.288 e. The third-order valence-corrected chi connectivity index (χ3v) is 4.08. The molecule has 0 saturated heterocycles. The molecule has 24 heavy (non-hydrogen) atoms. The first-order valence-corrected chi connectivity index (χ1v) is 8.35. The van der Waals surface area contributed by atoms with Crippen LogP contribution in [0.3, 0.4) is 0 Å². The molecular formula is C17H16ClF2NO2S. The molecule has 0 radical (unpaired) electrons. The number of carbonyl (C=O) groups is 1. The van der Waals surface area contributed by atoms with Crippen LogP contribution in [0, 0.1) is 13.8 Å². The number of halogens is 3. The summed E-state index contributed by atoms with van der Waals surface area (Å²) in [5.74, 6) is -2.18. The Morgan fingerprint density at radius 2 is 1.79 bits per heavy atom. The smallest absolute Gasteiger partial charge is 0.288 e. The van der Waals surface area contributed by atoms with Gasteiger partial charge in [-0.15, -0.1) is 0 Å². The van der Waals surface area contributed by atoms with E-state index in [-0.39, 0.29) is 12.5 Å². The largest absolute Gasteiger partial charge is 0.483 e. The first-order chi connectivity index (χ1) is 11.3. The first-order valence-electron chi connectivity index (χ1n) is 7.09. The number of carbonyl (C=O) groups excluding carboxylic acids is 1. The lowest BCUT2D eigenvalue weighted by Gasteiger charge is -2.13. The molecule has 0 aliphatic rings. The van der Waals surface area contributed by atoms with E-state index in [0.29, 0.717) is 33.1 Å². The van der Waals surface area contributed by atoms with Gasteiger partial charge in [0.25, 0.3) is 11.7 Å². The zero-order valence-corrected chi connectivity index (χ0v) is 14.7. The van der Waals surface area contributed by atoms with Gasteiger partial charge in [-0.1, -0.05) is 23.4 Å². The molecule has 0 aliphatic carbocycles. The Morgan fingerprint density at radius 3 is 2.33 bits per heavy atom. The predicted octanol–water partition coefficient (Wildman–Crippen LogP) is 5.29. The first kappa shape index (κ1) is 18.5. The third kappa shape index (κ3) is 5.39. The Labute approximate surface area is 148 Å². The van der Waals surface area contributed by atoms with Crippen molar-refractivity contribution < 1.29 is 18.3 Å². The Bertz CT molecular complexity index is 700. The van der Waals surface area contributed by atoms with Gasteiger partial charge in [-0.3, -0.25) is 4.79 Å². The summed E-state index contributed by atoms with van der Waals surface area (Å²) in [4.78, 5) is 12.4. The highest BCUT2D eigenvalue weighted by molar-refractivity contribution is 7.99. The second kappa shape index (κ2) is 8.35. The second-order valence-electron chi connectivity index (χ2n) is 5.11. The van der Waals surface area contributed by atoms with Crippen LogP contribution in [-0.2, 0) is 4.79 Å². The van der Waals surface area contributed by atoms with E-state index in [1.54, 1.807) is 24.3 Å². The van der Waals surface area contributed by atoms with E-state index >= 15 is 0 Å². The highest BCUT2D eigenvalue weighted by Crippen LogP contribution is 2.27. The molecule has 2 rings (SSSR count). The van der Waals surface area contributed by atoms with Crippen LogP contribution in [0.4, 0.5) is 14.5 Å². The zero-order valence-electron chi connectivity index (χ0n) is 13.1. The van der Waals surface area contributed by atoms with Crippen molar-refractivity contribution in [1.82, 2.24) is 0 Å². The van der Waals surface area contributed by atoms with Crippen molar-refractivity contribution in [2.45, 2.75) is 24.5 Å². The summed E-state index contributed by atoms with van der Waals surface area (Å²) >= 11 is 6.41. The van der Waals surface area contributed by atoms with Crippen molar-refractivity contribution in [2.75, 3.05) is 11.9 Å². The van der Waals surface area contributed by atoms with E-state index in [0.717, 1.165) is 11.1 Å². The van der Waals surface area contributed by atoms with E-state index < -0.39 is 5.76 Å². The SMILES string of the molecule is Cc1cc(Cl)cc(C)c1OCC(=O)Nc1ccc(SC(F)F)cc1. The van der Waals surface area contributed by atoms with Crippen molar-refractivity contribution in [3.63, 3.8) is 0 Å². The second-order valence-corrected chi connectivity index (χ2v) is 6.61. The number of alkyl halides is 2. The zero-order chi connectivity index (χ0) is 17.7. The quantitative estimate of drug-likeness (QED) is 0.701. The molecule has 3 nitrogen and oxygen atoms in total. The summed E-state index contributed by atoms with van der Waals surface area (Å²) in [6.45, 7) is 3.55. The van der Waals surface area contributed by atoms with Crippen LogP contribution in [0.15, 0.2) is 41.3 Å². The molecule has 0 heterocycles. The molecule has 0 spiro atoms. The minimum atomic E-state index is -2.47. The van der Waals surface area contributed by atoms with Gasteiger partial charge in [0.1, 0.15) is 5.75 Å². The van der Waals surface area contributed by atoms with Gasteiger partial charge in [0.05, 0.1) is 0 Å². The molecule has 1 N–H and O–H groups in total. The number of hydrogen-bond donors (Lipinski definition) is 1. The maximum absolute atomic E-state index is 12.3. The number of rotatable bonds is 6. The minimum absolute atomic E-state index is 0.156. The van der Waals surface area contributed by atoms with Gasteiger partial charge in [-0.05, 0) is 61.4 Å². The monoisotopic (exact) mass is 371 g/mol. The van der Waals surface area contributed by atoms with Crippen molar-refractivity contribution in [2.24, 2.45) is 0 Å². The van der Waals surface area contributed by atoms with E-state index in [4.69, 9.17) is 16.3 Å². The van der Waals surface area contributed by atoms with Crippen molar-refractivity contribution in [1.29, 1.82) is 0 Å². The highest BCUT2D eigenvalue weighted by atomic mass is 35.5. The topological polar surface area (TPSA) is 38.3 Å². The number of ether oxygens (including phenoxy) is 1. The molecule has 0 unspecified atom stereocenters. The molecule has 0 aromatic heterocycles.